The number of hydrogen-bond donors (Lipinski definition) is 2. The quantitative estimate of drug-likeness (QED) is 0.749. The van der Waals surface area contributed by atoms with E-state index in [4.69, 9.17) is 10.2 Å². The normalized spacial score (nSPS) is 21.2. The molecule has 16 heavy (non-hydrogen) atoms. The molecule has 2 rings (SSSR count). The molecule has 0 aliphatic carbocycles. The van der Waals surface area contributed by atoms with Crippen LogP contribution in [-0.4, -0.2) is 36.5 Å². The molecule has 5 heteroatoms. The van der Waals surface area contributed by atoms with Gasteiger partial charge in [-0.2, -0.15) is 0 Å². The lowest BCUT2D eigenvalue weighted by molar-refractivity contribution is -0.122. The first kappa shape index (κ1) is 11.2. The van der Waals surface area contributed by atoms with E-state index >= 15 is 0 Å². The Morgan fingerprint density at radius 2 is 2.56 bits per heavy atom. The van der Waals surface area contributed by atoms with Crippen LogP contribution < -0.4 is 11.1 Å². The van der Waals surface area contributed by atoms with Crippen molar-refractivity contribution in [1.29, 1.82) is 0 Å². The Morgan fingerprint density at radius 3 is 3.19 bits per heavy atom. The first-order valence-corrected chi connectivity index (χ1v) is 5.51. The minimum absolute atomic E-state index is 0.0190. The molecule has 1 aromatic rings. The third-order valence-electron chi connectivity index (χ3n) is 2.72. The predicted molar refractivity (Wildman–Crippen MR) is 59.6 cm³/mol. The van der Waals surface area contributed by atoms with Crippen LogP contribution >= 0.6 is 0 Å². The summed E-state index contributed by atoms with van der Waals surface area (Å²) in [7, 11) is 0. The van der Waals surface area contributed by atoms with Gasteiger partial charge >= 0.3 is 0 Å². The van der Waals surface area contributed by atoms with Crippen molar-refractivity contribution in [2.24, 2.45) is 5.73 Å². The fourth-order valence-electron chi connectivity index (χ4n) is 1.86. The molecule has 0 radical (unpaired) electrons. The SMILES string of the molecule is N[C@H]1CCN(CC(=O)NCc2ccco2)C1. The van der Waals surface area contributed by atoms with E-state index in [9.17, 15) is 4.79 Å². The number of nitrogens with zero attached hydrogens (tertiary/aromatic N) is 1. The van der Waals surface area contributed by atoms with Crippen molar-refractivity contribution in [2.45, 2.75) is 19.0 Å². The van der Waals surface area contributed by atoms with Gasteiger partial charge in [-0.05, 0) is 18.6 Å². The van der Waals surface area contributed by atoms with Crippen LogP contribution in [0.2, 0.25) is 0 Å². The maximum Gasteiger partial charge on any atom is 0.234 e. The van der Waals surface area contributed by atoms with Crippen LogP contribution in [0.25, 0.3) is 0 Å². The van der Waals surface area contributed by atoms with Gasteiger partial charge in [-0.3, -0.25) is 9.69 Å². The highest BCUT2D eigenvalue weighted by atomic mass is 16.3. The number of carbonyl (C=O) groups is 1. The minimum atomic E-state index is 0.0190. The second-order valence-corrected chi connectivity index (χ2v) is 4.14. The molecule has 0 aromatic carbocycles. The minimum Gasteiger partial charge on any atom is -0.467 e. The number of carbonyl (C=O) groups excluding carboxylic acids is 1. The number of hydrogen-bond acceptors (Lipinski definition) is 4. The Bertz CT molecular complexity index is 337. The van der Waals surface area contributed by atoms with Gasteiger partial charge in [-0.25, -0.2) is 0 Å². The van der Waals surface area contributed by atoms with Gasteiger partial charge in [-0.15, -0.1) is 0 Å². The molecule has 88 valence electrons. The van der Waals surface area contributed by atoms with E-state index in [1.54, 1.807) is 12.3 Å². The predicted octanol–water partition coefficient (Wildman–Crippen LogP) is -0.0712. The highest BCUT2D eigenvalue weighted by Gasteiger charge is 2.20. The van der Waals surface area contributed by atoms with Crippen LogP contribution in [0.4, 0.5) is 0 Å². The maximum absolute atomic E-state index is 11.6. The first-order valence-electron chi connectivity index (χ1n) is 5.51. The van der Waals surface area contributed by atoms with Crippen LogP contribution in [0.15, 0.2) is 22.8 Å². The summed E-state index contributed by atoms with van der Waals surface area (Å²) >= 11 is 0. The summed E-state index contributed by atoms with van der Waals surface area (Å²) < 4.78 is 5.12. The van der Waals surface area contributed by atoms with Gasteiger partial charge in [0.05, 0.1) is 19.4 Å². The molecular formula is C11H17N3O2. The Kier molecular flexibility index (Phi) is 3.58. The van der Waals surface area contributed by atoms with E-state index in [1.165, 1.54) is 0 Å². The van der Waals surface area contributed by atoms with Crippen molar-refractivity contribution in [3.63, 3.8) is 0 Å². The van der Waals surface area contributed by atoms with Crippen molar-refractivity contribution in [1.82, 2.24) is 10.2 Å². The molecule has 3 N–H and O–H groups in total. The van der Waals surface area contributed by atoms with Crippen LogP contribution in [0.5, 0.6) is 0 Å². The fourth-order valence-corrected chi connectivity index (χ4v) is 1.86. The van der Waals surface area contributed by atoms with Gasteiger partial charge in [0.15, 0.2) is 0 Å². The van der Waals surface area contributed by atoms with Gasteiger partial charge in [0.25, 0.3) is 0 Å². The van der Waals surface area contributed by atoms with Crippen molar-refractivity contribution < 1.29 is 9.21 Å². The van der Waals surface area contributed by atoms with Crippen molar-refractivity contribution in [3.8, 4) is 0 Å². The monoisotopic (exact) mass is 223 g/mol. The second-order valence-electron chi connectivity index (χ2n) is 4.14. The molecule has 5 nitrogen and oxygen atoms in total. The highest BCUT2D eigenvalue weighted by Crippen LogP contribution is 2.05. The summed E-state index contributed by atoms with van der Waals surface area (Å²) in [6.07, 6.45) is 2.58. The number of amides is 1. The Morgan fingerprint density at radius 1 is 1.69 bits per heavy atom. The summed E-state index contributed by atoms with van der Waals surface area (Å²) in [6.45, 7) is 2.60. The summed E-state index contributed by atoms with van der Waals surface area (Å²) in [6, 6.07) is 3.87. The zero-order valence-electron chi connectivity index (χ0n) is 9.19. The second kappa shape index (κ2) is 5.14. The van der Waals surface area contributed by atoms with Gasteiger partial charge in [0.1, 0.15) is 5.76 Å². The zero-order valence-corrected chi connectivity index (χ0v) is 9.19. The molecule has 1 aliphatic heterocycles. The molecule has 0 bridgehead atoms. The lowest BCUT2D eigenvalue weighted by atomic mass is 10.3. The van der Waals surface area contributed by atoms with E-state index in [1.807, 2.05) is 6.07 Å². The van der Waals surface area contributed by atoms with E-state index in [-0.39, 0.29) is 11.9 Å². The summed E-state index contributed by atoms with van der Waals surface area (Å²) in [4.78, 5) is 13.6. The zero-order chi connectivity index (χ0) is 11.4. The number of furan rings is 1. The molecule has 1 saturated heterocycles. The maximum atomic E-state index is 11.6. The van der Waals surface area contributed by atoms with E-state index in [0.717, 1.165) is 25.3 Å². The van der Waals surface area contributed by atoms with E-state index in [0.29, 0.717) is 13.1 Å². The number of likely N-dealkylation sites (tertiary alicyclic amines) is 1. The molecule has 1 aromatic heterocycles. The average molecular weight is 223 g/mol. The molecule has 2 heterocycles. The Labute approximate surface area is 94.6 Å². The molecular weight excluding hydrogens is 206 g/mol. The highest BCUT2D eigenvalue weighted by molar-refractivity contribution is 5.77. The van der Waals surface area contributed by atoms with Gasteiger partial charge in [0.2, 0.25) is 5.91 Å². The molecule has 0 saturated carbocycles. The molecule has 0 unspecified atom stereocenters. The molecule has 1 atom stereocenters. The largest absolute Gasteiger partial charge is 0.467 e. The van der Waals surface area contributed by atoms with Gasteiger partial charge in [0, 0.05) is 19.1 Å². The Hall–Kier alpha value is -1.33. The summed E-state index contributed by atoms with van der Waals surface area (Å²) in [5, 5.41) is 2.81. The lowest BCUT2D eigenvalue weighted by Gasteiger charge is -2.14. The summed E-state index contributed by atoms with van der Waals surface area (Å²) in [5.41, 5.74) is 5.76. The van der Waals surface area contributed by atoms with Crippen LogP contribution in [0.1, 0.15) is 12.2 Å². The smallest absolute Gasteiger partial charge is 0.234 e. The van der Waals surface area contributed by atoms with Crippen LogP contribution in [-0.2, 0) is 11.3 Å². The van der Waals surface area contributed by atoms with E-state index < -0.39 is 0 Å². The molecule has 1 aliphatic rings. The van der Waals surface area contributed by atoms with Crippen molar-refractivity contribution in [3.05, 3.63) is 24.2 Å². The summed E-state index contributed by atoms with van der Waals surface area (Å²) in [5.74, 6) is 0.789. The average Bonchev–Trinajstić information content (AvgIpc) is 2.87. The standard InChI is InChI=1S/C11H17N3O2/c12-9-3-4-14(7-9)8-11(15)13-6-10-2-1-5-16-10/h1-2,5,9H,3-4,6-8,12H2,(H,13,15)/t9-/m0/s1. The number of nitrogens with one attached hydrogen (secondary N) is 1. The first-order chi connectivity index (χ1) is 7.74. The Balaban J connectivity index is 1.68. The van der Waals surface area contributed by atoms with Crippen LogP contribution in [0, 0.1) is 0 Å². The third-order valence-corrected chi connectivity index (χ3v) is 2.72. The molecule has 1 amide bonds. The van der Waals surface area contributed by atoms with Gasteiger partial charge < -0.3 is 15.5 Å². The molecule has 1 fully saturated rings. The van der Waals surface area contributed by atoms with Crippen LogP contribution in [0.3, 0.4) is 0 Å². The topological polar surface area (TPSA) is 71.5 Å². The fraction of sp³-hybridized carbons (Fsp3) is 0.545. The van der Waals surface area contributed by atoms with E-state index in [2.05, 4.69) is 10.2 Å². The van der Waals surface area contributed by atoms with Crippen molar-refractivity contribution >= 4 is 5.91 Å². The third kappa shape index (κ3) is 3.08. The van der Waals surface area contributed by atoms with Crippen molar-refractivity contribution in [2.75, 3.05) is 19.6 Å². The number of rotatable bonds is 4. The number of nitrogens with two attached hydrogens (primary N) is 1. The molecule has 0 spiro atoms. The lowest BCUT2D eigenvalue weighted by Crippen LogP contribution is -2.36. The van der Waals surface area contributed by atoms with Gasteiger partial charge in [-0.1, -0.05) is 0 Å².